The van der Waals surface area contributed by atoms with Crippen molar-refractivity contribution in [1.82, 2.24) is 19.7 Å². The Morgan fingerprint density at radius 3 is 2.55 bits per heavy atom. The van der Waals surface area contributed by atoms with Crippen LogP contribution in [0.5, 0.6) is 0 Å². The molecule has 7 nitrogen and oxygen atoms in total. The number of anilines is 2. The zero-order chi connectivity index (χ0) is 20.4. The monoisotopic (exact) mass is 387 g/mol. The molecule has 0 atom stereocenters. The standard InChI is InChI=1S/C22H25N7/c1-15(2)14-29-19-8-6-5-7-18(19)20-21(29)24-22(27-25-20)26-23-13-16-9-11-17(12-10-16)28(3)4/h5-13,15H,14H2,1-4H3,(H,24,26,27)/b23-13+. The molecule has 2 heterocycles. The van der Waals surface area contributed by atoms with E-state index in [1.165, 1.54) is 0 Å². The second kappa shape index (κ2) is 7.87. The molecule has 0 saturated heterocycles. The van der Waals surface area contributed by atoms with Gasteiger partial charge in [0.05, 0.1) is 11.7 Å². The first-order valence-corrected chi connectivity index (χ1v) is 9.71. The minimum atomic E-state index is 0.381. The van der Waals surface area contributed by atoms with E-state index >= 15 is 0 Å². The molecular weight excluding hydrogens is 362 g/mol. The summed E-state index contributed by atoms with van der Waals surface area (Å²) in [6.45, 7) is 5.25. The van der Waals surface area contributed by atoms with Crippen LogP contribution in [0.25, 0.3) is 22.1 Å². The van der Waals surface area contributed by atoms with Crippen LogP contribution in [0.1, 0.15) is 19.4 Å². The number of nitrogens with zero attached hydrogens (tertiary/aromatic N) is 6. The molecule has 0 unspecified atom stereocenters. The van der Waals surface area contributed by atoms with Gasteiger partial charge in [0.15, 0.2) is 5.65 Å². The minimum Gasteiger partial charge on any atom is -0.378 e. The molecule has 29 heavy (non-hydrogen) atoms. The first-order chi connectivity index (χ1) is 14.0. The van der Waals surface area contributed by atoms with Crippen LogP contribution in [0.15, 0.2) is 53.6 Å². The Bertz CT molecular complexity index is 1160. The topological polar surface area (TPSA) is 71.2 Å². The van der Waals surface area contributed by atoms with Gasteiger partial charge in [0.1, 0.15) is 5.52 Å². The van der Waals surface area contributed by atoms with Crippen molar-refractivity contribution in [1.29, 1.82) is 0 Å². The molecule has 4 aromatic rings. The molecule has 2 aromatic heterocycles. The molecule has 148 valence electrons. The maximum Gasteiger partial charge on any atom is 0.265 e. The van der Waals surface area contributed by atoms with Gasteiger partial charge >= 0.3 is 0 Å². The Labute approximate surface area is 170 Å². The number of hydrazone groups is 1. The number of benzene rings is 2. The summed E-state index contributed by atoms with van der Waals surface area (Å²) in [6.07, 6.45) is 1.75. The van der Waals surface area contributed by atoms with Crippen molar-refractivity contribution in [3.8, 4) is 0 Å². The van der Waals surface area contributed by atoms with Crippen molar-refractivity contribution < 1.29 is 0 Å². The van der Waals surface area contributed by atoms with Gasteiger partial charge in [-0.05, 0) is 29.7 Å². The average molecular weight is 387 g/mol. The minimum absolute atomic E-state index is 0.381. The highest BCUT2D eigenvalue weighted by Crippen LogP contribution is 2.27. The van der Waals surface area contributed by atoms with Gasteiger partial charge in [-0.1, -0.05) is 44.2 Å². The lowest BCUT2D eigenvalue weighted by Crippen LogP contribution is -2.08. The van der Waals surface area contributed by atoms with E-state index in [1.807, 2.05) is 38.4 Å². The largest absolute Gasteiger partial charge is 0.378 e. The van der Waals surface area contributed by atoms with Crippen molar-refractivity contribution in [2.75, 3.05) is 24.4 Å². The lowest BCUT2D eigenvalue weighted by atomic mass is 10.2. The van der Waals surface area contributed by atoms with Crippen molar-refractivity contribution in [3.63, 3.8) is 0 Å². The van der Waals surface area contributed by atoms with Gasteiger partial charge in [-0.2, -0.15) is 10.1 Å². The summed E-state index contributed by atoms with van der Waals surface area (Å²) >= 11 is 0. The van der Waals surface area contributed by atoms with Gasteiger partial charge in [-0.3, -0.25) is 0 Å². The Morgan fingerprint density at radius 1 is 1.07 bits per heavy atom. The van der Waals surface area contributed by atoms with Crippen molar-refractivity contribution >= 4 is 39.9 Å². The summed E-state index contributed by atoms with van der Waals surface area (Å²) < 4.78 is 2.21. The molecule has 0 fully saturated rings. The van der Waals surface area contributed by atoms with E-state index in [1.54, 1.807) is 6.21 Å². The molecule has 0 aliphatic rings. The second-order valence-electron chi connectivity index (χ2n) is 7.69. The van der Waals surface area contributed by atoms with Crippen LogP contribution in [0.3, 0.4) is 0 Å². The van der Waals surface area contributed by atoms with Gasteiger partial charge in [-0.15, -0.1) is 10.2 Å². The fourth-order valence-corrected chi connectivity index (χ4v) is 3.32. The van der Waals surface area contributed by atoms with E-state index < -0.39 is 0 Å². The molecule has 2 aromatic carbocycles. The number of fused-ring (bicyclic) bond motifs is 3. The highest BCUT2D eigenvalue weighted by molar-refractivity contribution is 6.04. The van der Waals surface area contributed by atoms with E-state index in [0.29, 0.717) is 11.9 Å². The average Bonchev–Trinajstić information content (AvgIpc) is 3.01. The van der Waals surface area contributed by atoms with Gasteiger partial charge in [0, 0.05) is 31.7 Å². The summed E-state index contributed by atoms with van der Waals surface area (Å²) in [5.74, 6) is 0.870. The fourth-order valence-electron chi connectivity index (χ4n) is 3.32. The molecule has 0 spiro atoms. The van der Waals surface area contributed by atoms with E-state index in [2.05, 4.69) is 68.3 Å². The molecule has 4 rings (SSSR count). The Hall–Kier alpha value is -3.48. The van der Waals surface area contributed by atoms with Crippen LogP contribution < -0.4 is 10.3 Å². The quantitative estimate of drug-likeness (QED) is 0.398. The van der Waals surface area contributed by atoms with Crippen LogP contribution in [0.4, 0.5) is 11.6 Å². The molecule has 0 aliphatic heterocycles. The first kappa shape index (κ1) is 18.9. The van der Waals surface area contributed by atoms with Crippen LogP contribution in [-0.4, -0.2) is 40.1 Å². The normalized spacial score (nSPS) is 11.8. The summed E-state index contributed by atoms with van der Waals surface area (Å²) in [6, 6.07) is 16.4. The van der Waals surface area contributed by atoms with Crippen LogP contribution in [-0.2, 0) is 6.54 Å². The van der Waals surface area contributed by atoms with Crippen LogP contribution in [0.2, 0.25) is 0 Å². The van der Waals surface area contributed by atoms with E-state index in [-0.39, 0.29) is 0 Å². The van der Waals surface area contributed by atoms with Crippen LogP contribution in [0, 0.1) is 5.92 Å². The smallest absolute Gasteiger partial charge is 0.265 e. The molecule has 1 N–H and O–H groups in total. The maximum atomic E-state index is 4.69. The molecule has 0 aliphatic carbocycles. The molecule has 7 heteroatoms. The fraction of sp³-hybridized carbons (Fsp3) is 0.273. The number of aromatic nitrogens is 4. The molecule has 0 saturated carbocycles. The number of rotatable bonds is 6. The van der Waals surface area contributed by atoms with Gasteiger partial charge in [-0.25, -0.2) is 5.43 Å². The predicted molar refractivity (Wildman–Crippen MR) is 120 cm³/mol. The maximum absolute atomic E-state index is 4.69. The zero-order valence-electron chi connectivity index (χ0n) is 17.2. The van der Waals surface area contributed by atoms with Gasteiger partial charge < -0.3 is 9.47 Å². The third kappa shape index (κ3) is 3.89. The third-order valence-electron chi connectivity index (χ3n) is 4.71. The lowest BCUT2D eigenvalue weighted by molar-refractivity contribution is 0.543. The number of hydrogen-bond donors (Lipinski definition) is 1. The summed E-state index contributed by atoms with van der Waals surface area (Å²) in [5, 5.41) is 14.0. The summed E-state index contributed by atoms with van der Waals surface area (Å²) in [4.78, 5) is 6.75. The Kier molecular flexibility index (Phi) is 5.12. The van der Waals surface area contributed by atoms with Gasteiger partial charge in [0.2, 0.25) is 0 Å². The summed E-state index contributed by atoms with van der Waals surface area (Å²) in [5.41, 5.74) is 7.81. The first-order valence-electron chi connectivity index (χ1n) is 9.71. The molecule has 0 bridgehead atoms. The van der Waals surface area contributed by atoms with Gasteiger partial charge in [0.25, 0.3) is 5.95 Å². The summed E-state index contributed by atoms with van der Waals surface area (Å²) in [7, 11) is 4.04. The predicted octanol–water partition coefficient (Wildman–Crippen LogP) is 4.15. The van der Waals surface area contributed by atoms with Crippen molar-refractivity contribution in [2.45, 2.75) is 20.4 Å². The molecular formula is C22H25N7. The highest BCUT2D eigenvalue weighted by atomic mass is 15.4. The second-order valence-corrected chi connectivity index (χ2v) is 7.69. The zero-order valence-corrected chi connectivity index (χ0v) is 17.2. The third-order valence-corrected chi connectivity index (χ3v) is 4.71. The Balaban J connectivity index is 1.62. The SMILES string of the molecule is CC(C)Cn1c2ccccc2c2nnc(N/N=C/c3ccc(N(C)C)cc3)nc21. The van der Waals surface area contributed by atoms with Crippen LogP contribution >= 0.6 is 0 Å². The number of nitrogens with one attached hydrogen (secondary N) is 1. The van der Waals surface area contributed by atoms with Crippen molar-refractivity contribution in [2.24, 2.45) is 11.0 Å². The lowest BCUT2D eigenvalue weighted by Gasteiger charge is -2.11. The van der Waals surface area contributed by atoms with Crippen molar-refractivity contribution in [3.05, 3.63) is 54.1 Å². The Morgan fingerprint density at radius 2 is 1.83 bits per heavy atom. The number of para-hydroxylation sites is 1. The van der Waals surface area contributed by atoms with E-state index in [9.17, 15) is 0 Å². The molecule has 0 radical (unpaired) electrons. The highest BCUT2D eigenvalue weighted by Gasteiger charge is 2.15. The van der Waals surface area contributed by atoms with E-state index in [0.717, 1.165) is 39.9 Å². The molecule has 0 amide bonds. The van der Waals surface area contributed by atoms with E-state index in [4.69, 9.17) is 4.98 Å². The number of hydrogen-bond acceptors (Lipinski definition) is 6.